The maximum absolute atomic E-state index is 12.8. The van der Waals surface area contributed by atoms with Crippen molar-refractivity contribution >= 4 is 33.1 Å². The third-order valence-corrected chi connectivity index (χ3v) is 5.97. The zero-order chi connectivity index (χ0) is 18.9. The van der Waals surface area contributed by atoms with E-state index in [2.05, 4.69) is 15.1 Å². The molecule has 4 aromatic rings. The molecule has 0 spiro atoms. The third kappa shape index (κ3) is 3.31. The highest BCUT2D eigenvalue weighted by Crippen LogP contribution is 2.23. The number of piperidine rings is 1. The molecule has 0 unspecified atom stereocenters. The van der Waals surface area contributed by atoms with E-state index < -0.39 is 0 Å². The van der Waals surface area contributed by atoms with Crippen LogP contribution in [0, 0.1) is 5.92 Å². The van der Waals surface area contributed by atoms with Crippen LogP contribution in [-0.2, 0) is 0 Å². The molecule has 3 aromatic heterocycles. The first-order chi connectivity index (χ1) is 13.8. The second kappa shape index (κ2) is 7.20. The summed E-state index contributed by atoms with van der Waals surface area (Å²) in [5.74, 6) is 1.12. The summed E-state index contributed by atoms with van der Waals surface area (Å²) in [6, 6.07) is 9.48. The number of thiazole rings is 1. The van der Waals surface area contributed by atoms with Gasteiger partial charge in [-0.15, -0.1) is 16.4 Å². The van der Waals surface area contributed by atoms with E-state index in [0.717, 1.165) is 47.4 Å². The fraction of sp³-hybridized carbons (Fsp3) is 0.300. The summed E-state index contributed by atoms with van der Waals surface area (Å²) in [4.78, 5) is 23.2. The molecule has 142 valence electrons. The van der Waals surface area contributed by atoms with Crippen molar-refractivity contribution in [2.45, 2.75) is 12.8 Å². The number of likely N-dealkylation sites (tertiary alicyclic amines) is 1. The second-order valence-corrected chi connectivity index (χ2v) is 7.87. The molecule has 28 heavy (non-hydrogen) atoms. The fourth-order valence-corrected chi connectivity index (χ4v) is 4.27. The van der Waals surface area contributed by atoms with Gasteiger partial charge in [-0.1, -0.05) is 0 Å². The van der Waals surface area contributed by atoms with Crippen LogP contribution in [0.25, 0.3) is 15.9 Å². The van der Waals surface area contributed by atoms with Crippen LogP contribution in [0.2, 0.25) is 0 Å². The average molecular weight is 393 g/mol. The zero-order valence-corrected chi connectivity index (χ0v) is 16.0. The van der Waals surface area contributed by atoms with Gasteiger partial charge in [0, 0.05) is 37.1 Å². The van der Waals surface area contributed by atoms with E-state index in [-0.39, 0.29) is 5.91 Å². The van der Waals surface area contributed by atoms with Crippen molar-refractivity contribution < 1.29 is 9.53 Å². The number of imidazole rings is 1. The Labute approximate surface area is 165 Å². The Morgan fingerprint density at radius 3 is 2.96 bits per heavy atom. The number of hydrogen-bond acceptors (Lipinski definition) is 6. The van der Waals surface area contributed by atoms with Crippen LogP contribution in [-0.4, -0.2) is 50.1 Å². The summed E-state index contributed by atoms with van der Waals surface area (Å²) < 4.78 is 8.63. The highest BCUT2D eigenvalue weighted by atomic mass is 32.1. The highest BCUT2D eigenvalue weighted by molar-refractivity contribution is 7.16. The molecule has 1 fully saturated rings. The van der Waals surface area contributed by atoms with Gasteiger partial charge >= 0.3 is 0 Å². The molecular formula is C20H19N5O2S. The number of nitrogens with zero attached hydrogens (tertiary/aromatic N) is 5. The number of carbonyl (C=O) groups is 1. The smallest absolute Gasteiger partial charge is 0.253 e. The first-order valence-electron chi connectivity index (χ1n) is 9.32. The van der Waals surface area contributed by atoms with Crippen LogP contribution in [0.3, 0.4) is 0 Å². The van der Waals surface area contributed by atoms with Crippen molar-refractivity contribution in [2.75, 3.05) is 19.7 Å². The largest absolute Gasteiger partial charge is 0.476 e. The van der Waals surface area contributed by atoms with Gasteiger partial charge in [-0.05, 0) is 43.0 Å². The molecule has 1 aromatic carbocycles. The normalized spacial score (nSPS) is 15.4. The lowest BCUT2D eigenvalue weighted by Crippen LogP contribution is -2.39. The molecule has 4 heterocycles. The molecule has 1 aliphatic rings. The minimum Gasteiger partial charge on any atom is -0.476 e. The molecule has 1 saturated heterocycles. The lowest BCUT2D eigenvalue weighted by Gasteiger charge is -2.31. The van der Waals surface area contributed by atoms with Gasteiger partial charge in [0.2, 0.25) is 5.88 Å². The number of aromatic nitrogens is 4. The summed E-state index contributed by atoms with van der Waals surface area (Å²) in [6.07, 6.45) is 5.38. The van der Waals surface area contributed by atoms with Crippen LogP contribution in [0.5, 0.6) is 5.88 Å². The minimum atomic E-state index is 0.0990. The van der Waals surface area contributed by atoms with Gasteiger partial charge in [-0.25, -0.2) is 14.5 Å². The van der Waals surface area contributed by atoms with Crippen LogP contribution in [0.15, 0.2) is 48.2 Å². The van der Waals surface area contributed by atoms with Crippen molar-refractivity contribution in [3.63, 3.8) is 0 Å². The first kappa shape index (κ1) is 17.1. The summed E-state index contributed by atoms with van der Waals surface area (Å²) in [5, 5.41) is 4.39. The standard InChI is InChI=1S/C20H19N5O2S/c26-20(15-1-2-16-17(11-15)28-13-22-16)24-8-5-14(6-9-24)12-27-19-4-3-18-21-7-10-25(18)23-19/h1-4,7,10-11,13-14H,5-6,8-9,12H2. The third-order valence-electron chi connectivity index (χ3n) is 5.18. The number of ether oxygens (including phenoxy) is 1. The molecule has 0 atom stereocenters. The fourth-order valence-electron chi connectivity index (χ4n) is 3.55. The Balaban J connectivity index is 1.17. The topological polar surface area (TPSA) is 72.6 Å². The van der Waals surface area contributed by atoms with Gasteiger partial charge in [0.1, 0.15) is 0 Å². The molecule has 0 radical (unpaired) electrons. The second-order valence-electron chi connectivity index (χ2n) is 6.98. The Bertz CT molecular complexity index is 1130. The molecule has 0 aliphatic carbocycles. The predicted molar refractivity (Wildman–Crippen MR) is 107 cm³/mol. The lowest BCUT2D eigenvalue weighted by molar-refractivity contribution is 0.0659. The van der Waals surface area contributed by atoms with Gasteiger partial charge in [-0.2, -0.15) is 0 Å². The molecule has 0 saturated carbocycles. The van der Waals surface area contributed by atoms with Gasteiger partial charge < -0.3 is 9.64 Å². The molecule has 8 heteroatoms. The summed E-state index contributed by atoms with van der Waals surface area (Å²) in [7, 11) is 0. The number of amides is 1. The van der Waals surface area contributed by atoms with Crippen molar-refractivity contribution in [2.24, 2.45) is 5.92 Å². The summed E-state index contributed by atoms with van der Waals surface area (Å²) >= 11 is 1.56. The van der Waals surface area contributed by atoms with Crippen molar-refractivity contribution in [3.05, 3.63) is 53.8 Å². The van der Waals surface area contributed by atoms with Gasteiger partial charge in [0.25, 0.3) is 5.91 Å². The molecule has 0 bridgehead atoms. The SMILES string of the molecule is O=C(c1ccc2ncsc2c1)N1CCC(COc2ccc3nccn3n2)CC1. The monoisotopic (exact) mass is 393 g/mol. The molecule has 0 N–H and O–H groups in total. The Hall–Kier alpha value is -3.00. The zero-order valence-electron chi connectivity index (χ0n) is 15.2. The van der Waals surface area contributed by atoms with E-state index in [9.17, 15) is 4.79 Å². The number of fused-ring (bicyclic) bond motifs is 2. The number of hydrogen-bond donors (Lipinski definition) is 0. The molecule has 7 nitrogen and oxygen atoms in total. The Kier molecular flexibility index (Phi) is 4.40. The van der Waals surface area contributed by atoms with Gasteiger partial charge in [0.05, 0.1) is 22.3 Å². The van der Waals surface area contributed by atoms with Crippen LogP contribution < -0.4 is 4.74 Å². The van der Waals surface area contributed by atoms with Gasteiger partial charge in [-0.3, -0.25) is 4.79 Å². The summed E-state index contributed by atoms with van der Waals surface area (Å²) in [5.41, 5.74) is 4.30. The Morgan fingerprint density at radius 2 is 2.07 bits per heavy atom. The van der Waals surface area contributed by atoms with Crippen LogP contribution in [0.1, 0.15) is 23.2 Å². The van der Waals surface area contributed by atoms with E-state index in [0.29, 0.717) is 18.4 Å². The highest BCUT2D eigenvalue weighted by Gasteiger charge is 2.24. The molecule has 1 aliphatic heterocycles. The van der Waals surface area contributed by atoms with E-state index in [1.165, 1.54) is 0 Å². The quantitative estimate of drug-likeness (QED) is 0.532. The number of carbonyl (C=O) groups excluding carboxylic acids is 1. The van der Waals surface area contributed by atoms with Crippen molar-refractivity contribution in [3.8, 4) is 5.88 Å². The molecular weight excluding hydrogens is 374 g/mol. The predicted octanol–water partition coefficient (Wildman–Crippen LogP) is 3.27. The van der Waals surface area contributed by atoms with Crippen molar-refractivity contribution in [1.29, 1.82) is 0 Å². The van der Waals surface area contributed by atoms with E-state index >= 15 is 0 Å². The lowest BCUT2D eigenvalue weighted by atomic mass is 9.97. The van der Waals surface area contributed by atoms with Gasteiger partial charge in [0.15, 0.2) is 5.65 Å². The van der Waals surface area contributed by atoms with E-state index in [1.807, 2.05) is 40.7 Å². The first-order valence-corrected chi connectivity index (χ1v) is 10.2. The molecule has 1 amide bonds. The Morgan fingerprint density at radius 1 is 1.18 bits per heavy atom. The molecule has 5 rings (SSSR count). The minimum absolute atomic E-state index is 0.0990. The number of rotatable bonds is 4. The number of benzene rings is 1. The van der Waals surface area contributed by atoms with Crippen LogP contribution in [0.4, 0.5) is 0 Å². The van der Waals surface area contributed by atoms with E-state index in [4.69, 9.17) is 4.74 Å². The van der Waals surface area contributed by atoms with Crippen molar-refractivity contribution in [1.82, 2.24) is 24.5 Å². The van der Waals surface area contributed by atoms with E-state index in [1.54, 1.807) is 28.2 Å². The maximum atomic E-state index is 12.8. The maximum Gasteiger partial charge on any atom is 0.253 e. The average Bonchev–Trinajstić information content (AvgIpc) is 3.40. The van der Waals surface area contributed by atoms with Crippen LogP contribution >= 0.6 is 11.3 Å². The summed E-state index contributed by atoms with van der Waals surface area (Å²) in [6.45, 7) is 2.12.